The molecule has 0 spiro atoms. The highest BCUT2D eigenvalue weighted by molar-refractivity contribution is 6.08. The van der Waals surface area contributed by atoms with Gasteiger partial charge in [0.25, 0.3) is 0 Å². The SMILES string of the molecule is COC(=O)c1oc(/C=C/c2ccccc2)c(-c2ccccc2)c1C(=O)OC. The molecule has 2 aromatic carbocycles. The van der Waals surface area contributed by atoms with E-state index in [1.54, 1.807) is 6.08 Å². The number of hydrogen-bond donors (Lipinski definition) is 0. The number of furan rings is 1. The summed E-state index contributed by atoms with van der Waals surface area (Å²) in [5.41, 5.74) is 2.20. The maximum Gasteiger partial charge on any atom is 0.374 e. The van der Waals surface area contributed by atoms with Crippen LogP contribution >= 0.6 is 0 Å². The lowest BCUT2D eigenvalue weighted by Crippen LogP contribution is -2.10. The van der Waals surface area contributed by atoms with E-state index >= 15 is 0 Å². The van der Waals surface area contributed by atoms with Crippen LogP contribution in [0.15, 0.2) is 65.1 Å². The molecule has 0 bridgehead atoms. The van der Waals surface area contributed by atoms with Crippen LogP contribution < -0.4 is 0 Å². The molecule has 5 heteroatoms. The molecule has 3 aromatic rings. The molecule has 0 aliphatic heterocycles. The molecule has 5 nitrogen and oxygen atoms in total. The van der Waals surface area contributed by atoms with Gasteiger partial charge in [-0.25, -0.2) is 9.59 Å². The normalized spacial score (nSPS) is 10.7. The van der Waals surface area contributed by atoms with Crippen LogP contribution in [0.4, 0.5) is 0 Å². The summed E-state index contributed by atoms with van der Waals surface area (Å²) < 4.78 is 15.4. The molecular weight excluding hydrogens is 344 g/mol. The van der Waals surface area contributed by atoms with Gasteiger partial charge in [0.15, 0.2) is 0 Å². The molecule has 0 saturated carbocycles. The molecular formula is C22H18O5. The first kappa shape index (κ1) is 18.2. The van der Waals surface area contributed by atoms with Crippen molar-refractivity contribution in [3.8, 4) is 11.1 Å². The van der Waals surface area contributed by atoms with Crippen LogP contribution in [-0.2, 0) is 9.47 Å². The van der Waals surface area contributed by atoms with Gasteiger partial charge in [-0.15, -0.1) is 0 Å². The standard InChI is InChI=1S/C22H18O5/c1-25-21(23)19-18(16-11-7-4-8-12-16)17(27-20(19)22(24)26-2)14-13-15-9-5-3-6-10-15/h3-14H,1-2H3/b14-13+. The molecule has 0 atom stereocenters. The van der Waals surface area contributed by atoms with E-state index in [4.69, 9.17) is 13.9 Å². The minimum atomic E-state index is -0.744. The van der Waals surface area contributed by atoms with Crippen molar-refractivity contribution >= 4 is 24.1 Å². The third-order valence-electron chi connectivity index (χ3n) is 3.98. The Bertz CT molecular complexity index is 969. The molecule has 0 N–H and O–H groups in total. The fourth-order valence-corrected chi connectivity index (χ4v) is 2.73. The summed E-state index contributed by atoms with van der Waals surface area (Å²) in [7, 11) is 2.48. The quantitative estimate of drug-likeness (QED) is 0.616. The van der Waals surface area contributed by atoms with Crippen molar-refractivity contribution in [3.63, 3.8) is 0 Å². The lowest BCUT2D eigenvalue weighted by molar-refractivity contribution is 0.0528. The lowest BCUT2D eigenvalue weighted by atomic mass is 9.99. The highest BCUT2D eigenvalue weighted by Crippen LogP contribution is 2.35. The largest absolute Gasteiger partial charge is 0.465 e. The maximum absolute atomic E-state index is 12.4. The van der Waals surface area contributed by atoms with Gasteiger partial charge in [0.05, 0.1) is 14.2 Å². The first-order valence-corrected chi connectivity index (χ1v) is 8.27. The van der Waals surface area contributed by atoms with Crippen molar-refractivity contribution in [2.75, 3.05) is 14.2 Å². The van der Waals surface area contributed by atoms with E-state index in [2.05, 4.69) is 0 Å². The Hall–Kier alpha value is -3.60. The average molecular weight is 362 g/mol. The van der Waals surface area contributed by atoms with Gasteiger partial charge in [-0.05, 0) is 17.2 Å². The van der Waals surface area contributed by atoms with Gasteiger partial charge in [0, 0.05) is 5.56 Å². The van der Waals surface area contributed by atoms with Crippen molar-refractivity contribution in [2.24, 2.45) is 0 Å². The topological polar surface area (TPSA) is 65.7 Å². The van der Waals surface area contributed by atoms with E-state index in [0.29, 0.717) is 11.3 Å². The third-order valence-corrected chi connectivity index (χ3v) is 3.98. The number of carbonyl (C=O) groups is 2. The predicted molar refractivity (Wildman–Crippen MR) is 102 cm³/mol. The van der Waals surface area contributed by atoms with Crippen LogP contribution in [0, 0.1) is 0 Å². The summed E-state index contributed by atoms with van der Waals surface area (Å²) in [6.07, 6.45) is 3.56. The summed E-state index contributed by atoms with van der Waals surface area (Å²) in [5.74, 6) is -1.23. The molecule has 0 unspecified atom stereocenters. The Labute approximate surface area is 156 Å². The van der Waals surface area contributed by atoms with Crippen molar-refractivity contribution in [1.29, 1.82) is 0 Å². The second kappa shape index (κ2) is 8.19. The third kappa shape index (κ3) is 3.82. The number of benzene rings is 2. The van der Waals surface area contributed by atoms with E-state index in [9.17, 15) is 9.59 Å². The van der Waals surface area contributed by atoms with Crippen LogP contribution in [-0.4, -0.2) is 26.2 Å². The van der Waals surface area contributed by atoms with E-state index in [0.717, 1.165) is 11.1 Å². The summed E-state index contributed by atoms with van der Waals surface area (Å²) >= 11 is 0. The molecule has 1 heterocycles. The van der Waals surface area contributed by atoms with E-state index in [-0.39, 0.29) is 11.3 Å². The molecule has 0 radical (unpaired) electrons. The molecule has 0 amide bonds. The highest BCUT2D eigenvalue weighted by atomic mass is 16.5. The van der Waals surface area contributed by atoms with E-state index in [1.165, 1.54) is 14.2 Å². The smallest absolute Gasteiger partial charge is 0.374 e. The van der Waals surface area contributed by atoms with Gasteiger partial charge in [-0.2, -0.15) is 0 Å². The number of hydrogen-bond acceptors (Lipinski definition) is 5. The number of ether oxygens (including phenoxy) is 2. The highest BCUT2D eigenvalue weighted by Gasteiger charge is 2.30. The van der Waals surface area contributed by atoms with E-state index in [1.807, 2.05) is 66.7 Å². The number of rotatable bonds is 5. The molecule has 0 saturated heterocycles. The molecule has 0 aliphatic rings. The Morgan fingerprint density at radius 1 is 0.815 bits per heavy atom. The number of carbonyl (C=O) groups excluding carboxylic acids is 2. The summed E-state index contributed by atoms with van der Waals surface area (Å²) in [5, 5.41) is 0. The molecule has 1 aromatic heterocycles. The zero-order chi connectivity index (χ0) is 19.2. The lowest BCUT2D eigenvalue weighted by Gasteiger charge is -2.04. The van der Waals surface area contributed by atoms with Crippen LogP contribution in [0.25, 0.3) is 23.3 Å². The van der Waals surface area contributed by atoms with Gasteiger partial charge < -0.3 is 13.9 Å². The fraction of sp³-hybridized carbons (Fsp3) is 0.0909. The predicted octanol–water partition coefficient (Wildman–Crippen LogP) is 4.69. The Kier molecular flexibility index (Phi) is 5.52. The molecule has 3 rings (SSSR count). The average Bonchev–Trinajstić information content (AvgIpc) is 3.12. The molecule has 136 valence electrons. The van der Waals surface area contributed by atoms with Crippen LogP contribution in [0.2, 0.25) is 0 Å². The number of methoxy groups -OCH3 is 2. The van der Waals surface area contributed by atoms with Gasteiger partial charge in [0.2, 0.25) is 5.76 Å². The second-order valence-corrected chi connectivity index (χ2v) is 5.64. The first-order valence-electron chi connectivity index (χ1n) is 8.27. The van der Waals surface area contributed by atoms with Crippen LogP contribution in [0.3, 0.4) is 0 Å². The zero-order valence-corrected chi connectivity index (χ0v) is 15.0. The minimum Gasteiger partial charge on any atom is -0.465 e. The van der Waals surface area contributed by atoms with Gasteiger partial charge in [0.1, 0.15) is 11.3 Å². The zero-order valence-electron chi connectivity index (χ0n) is 15.0. The first-order chi connectivity index (χ1) is 13.2. The molecule has 0 aliphatic carbocycles. The van der Waals surface area contributed by atoms with Crippen molar-refractivity contribution < 1.29 is 23.5 Å². The second-order valence-electron chi connectivity index (χ2n) is 5.64. The van der Waals surface area contributed by atoms with Gasteiger partial charge in [-0.3, -0.25) is 0 Å². The van der Waals surface area contributed by atoms with E-state index < -0.39 is 11.9 Å². The summed E-state index contributed by atoms with van der Waals surface area (Å²) in [4.78, 5) is 24.6. The van der Waals surface area contributed by atoms with Crippen molar-refractivity contribution in [2.45, 2.75) is 0 Å². The Morgan fingerprint density at radius 3 is 2.00 bits per heavy atom. The van der Waals surface area contributed by atoms with Crippen LogP contribution in [0.1, 0.15) is 32.2 Å². The summed E-state index contributed by atoms with van der Waals surface area (Å²) in [6.45, 7) is 0. The number of esters is 2. The van der Waals surface area contributed by atoms with Crippen LogP contribution in [0.5, 0.6) is 0 Å². The Morgan fingerprint density at radius 2 is 1.41 bits per heavy atom. The molecule has 0 fully saturated rings. The van der Waals surface area contributed by atoms with Gasteiger partial charge in [-0.1, -0.05) is 66.7 Å². The molecule has 27 heavy (non-hydrogen) atoms. The van der Waals surface area contributed by atoms with Crippen molar-refractivity contribution in [1.82, 2.24) is 0 Å². The monoisotopic (exact) mass is 362 g/mol. The fourth-order valence-electron chi connectivity index (χ4n) is 2.73. The Balaban J connectivity index is 2.22. The maximum atomic E-state index is 12.4. The summed E-state index contributed by atoms with van der Waals surface area (Å²) in [6, 6.07) is 18.8. The van der Waals surface area contributed by atoms with Crippen molar-refractivity contribution in [3.05, 3.63) is 83.3 Å². The minimum absolute atomic E-state index is 0.0447. The van der Waals surface area contributed by atoms with Gasteiger partial charge >= 0.3 is 11.9 Å².